The molecule has 1 aliphatic heterocycles. The summed E-state index contributed by atoms with van der Waals surface area (Å²) in [5, 5.41) is 0. The summed E-state index contributed by atoms with van der Waals surface area (Å²) in [6, 6.07) is 0.477. The molecule has 1 fully saturated rings. The van der Waals surface area contributed by atoms with E-state index in [9.17, 15) is 0 Å². The Kier molecular flexibility index (Phi) is 3.46. The van der Waals surface area contributed by atoms with E-state index in [1.165, 1.54) is 0 Å². The van der Waals surface area contributed by atoms with Gasteiger partial charge in [0.2, 0.25) is 0 Å². The summed E-state index contributed by atoms with van der Waals surface area (Å²) in [7, 11) is 0. The summed E-state index contributed by atoms with van der Waals surface area (Å²) >= 11 is 5.49. The van der Waals surface area contributed by atoms with Crippen molar-refractivity contribution in [1.82, 2.24) is 4.90 Å². The molecule has 1 unspecified atom stereocenters. The highest BCUT2D eigenvalue weighted by Gasteiger charge is 2.37. The number of hydrogen-bond acceptors (Lipinski definition) is 2. The number of nitrogens with two attached hydrogens (primary N) is 1. The van der Waals surface area contributed by atoms with Crippen molar-refractivity contribution in [2.24, 2.45) is 11.1 Å². The molecule has 1 aliphatic rings. The van der Waals surface area contributed by atoms with E-state index in [4.69, 9.17) is 18.0 Å². The van der Waals surface area contributed by atoms with Crippen LogP contribution in [0.2, 0.25) is 0 Å². The van der Waals surface area contributed by atoms with E-state index in [2.05, 4.69) is 39.5 Å². The van der Waals surface area contributed by atoms with E-state index in [1.54, 1.807) is 0 Å². The van der Waals surface area contributed by atoms with Gasteiger partial charge >= 0.3 is 0 Å². The number of hydrogen-bond donors (Lipinski definition) is 1. The molecule has 2 N–H and O–H groups in total. The molecule has 0 aliphatic carbocycles. The van der Waals surface area contributed by atoms with Gasteiger partial charge in [0.25, 0.3) is 0 Å². The maximum atomic E-state index is 6.29. The summed E-state index contributed by atoms with van der Waals surface area (Å²) in [4.78, 5) is 3.36. The number of rotatable bonds is 1. The van der Waals surface area contributed by atoms with Crippen LogP contribution in [0.15, 0.2) is 0 Å². The van der Waals surface area contributed by atoms with Crippen LogP contribution in [0.5, 0.6) is 0 Å². The zero-order valence-corrected chi connectivity index (χ0v) is 11.4. The van der Waals surface area contributed by atoms with Crippen molar-refractivity contribution >= 4 is 17.2 Å². The lowest BCUT2D eigenvalue weighted by atomic mass is 9.79. The quantitative estimate of drug-likeness (QED) is 0.699. The van der Waals surface area contributed by atoms with Crippen molar-refractivity contribution in [3.05, 3.63) is 0 Å². The third-order valence-corrected chi connectivity index (χ3v) is 3.36. The van der Waals surface area contributed by atoms with Gasteiger partial charge in [-0.1, -0.05) is 26.1 Å². The second kappa shape index (κ2) is 4.02. The monoisotopic (exact) mass is 228 g/mol. The summed E-state index contributed by atoms with van der Waals surface area (Å²) in [6.45, 7) is 12.1. The lowest BCUT2D eigenvalue weighted by molar-refractivity contribution is 0.201. The Morgan fingerprint density at radius 3 is 2.33 bits per heavy atom. The molecule has 1 rings (SSSR count). The first-order chi connectivity index (χ1) is 6.63. The lowest BCUT2D eigenvalue weighted by Gasteiger charge is -2.34. The predicted molar refractivity (Wildman–Crippen MR) is 70.0 cm³/mol. The van der Waals surface area contributed by atoms with Crippen LogP contribution in [-0.2, 0) is 0 Å². The van der Waals surface area contributed by atoms with Crippen LogP contribution in [0, 0.1) is 5.41 Å². The van der Waals surface area contributed by atoms with Gasteiger partial charge in [0.05, 0.1) is 4.99 Å². The molecule has 1 saturated heterocycles. The molecule has 1 atom stereocenters. The zero-order valence-electron chi connectivity index (χ0n) is 10.6. The van der Waals surface area contributed by atoms with Crippen LogP contribution in [0.3, 0.4) is 0 Å². The second-order valence-corrected chi connectivity index (χ2v) is 6.76. The normalized spacial score (nSPS) is 31.9. The minimum absolute atomic E-state index is 0.149. The van der Waals surface area contributed by atoms with Gasteiger partial charge in [-0.05, 0) is 32.6 Å². The average Bonchev–Trinajstić information content (AvgIpc) is 2.02. The Balaban J connectivity index is 2.94. The molecule has 1 heterocycles. The minimum atomic E-state index is -0.149. The third-order valence-electron chi connectivity index (χ3n) is 2.98. The van der Waals surface area contributed by atoms with Gasteiger partial charge in [0, 0.05) is 24.5 Å². The van der Waals surface area contributed by atoms with E-state index < -0.39 is 0 Å². The summed E-state index contributed by atoms with van der Waals surface area (Å²) in [6.07, 6.45) is 1.87. The van der Waals surface area contributed by atoms with Crippen molar-refractivity contribution in [2.75, 3.05) is 6.54 Å². The van der Waals surface area contributed by atoms with E-state index in [0.29, 0.717) is 6.04 Å². The van der Waals surface area contributed by atoms with Crippen LogP contribution in [0.25, 0.3) is 0 Å². The lowest BCUT2D eigenvalue weighted by Crippen LogP contribution is -2.41. The van der Waals surface area contributed by atoms with Crippen molar-refractivity contribution < 1.29 is 0 Å². The zero-order chi connectivity index (χ0) is 11.9. The molecule has 0 aromatic heterocycles. The van der Waals surface area contributed by atoms with Crippen molar-refractivity contribution in [3.8, 4) is 0 Å². The molecule has 0 saturated carbocycles. The Morgan fingerprint density at radius 2 is 1.87 bits per heavy atom. The maximum absolute atomic E-state index is 6.29. The van der Waals surface area contributed by atoms with E-state index >= 15 is 0 Å². The Hall–Kier alpha value is -0.150. The van der Waals surface area contributed by atoms with Crippen molar-refractivity contribution in [2.45, 2.75) is 59.0 Å². The Labute approximate surface area is 99.2 Å². The van der Waals surface area contributed by atoms with Crippen molar-refractivity contribution in [1.29, 1.82) is 0 Å². The highest BCUT2D eigenvalue weighted by molar-refractivity contribution is 7.80. The van der Waals surface area contributed by atoms with E-state index in [0.717, 1.165) is 24.4 Å². The number of likely N-dealkylation sites (tertiary alicyclic amines) is 1. The Bertz CT molecular complexity index is 256. The van der Waals surface area contributed by atoms with Gasteiger partial charge < -0.3 is 10.6 Å². The predicted octanol–water partition coefficient (Wildman–Crippen LogP) is 2.56. The van der Waals surface area contributed by atoms with Gasteiger partial charge in [-0.3, -0.25) is 0 Å². The van der Waals surface area contributed by atoms with Crippen LogP contribution < -0.4 is 5.73 Å². The molecular formula is C12H24N2S. The summed E-state index contributed by atoms with van der Waals surface area (Å²) < 4.78 is 0. The fourth-order valence-corrected chi connectivity index (χ4v) is 3.28. The highest BCUT2D eigenvalue weighted by Crippen LogP contribution is 2.34. The standard InChI is InChI=1S/C12H24N2S/c1-9(2)14-8-11(3,4)7-12(5,13)6-10(14)15/h9H,6-8,13H2,1-5H3. The minimum Gasteiger partial charge on any atom is -0.363 e. The van der Waals surface area contributed by atoms with Gasteiger partial charge in [0.15, 0.2) is 0 Å². The van der Waals surface area contributed by atoms with Gasteiger partial charge in [0.1, 0.15) is 0 Å². The third kappa shape index (κ3) is 3.42. The van der Waals surface area contributed by atoms with Crippen LogP contribution >= 0.6 is 12.2 Å². The fraction of sp³-hybridized carbons (Fsp3) is 0.917. The van der Waals surface area contributed by atoms with E-state index in [-0.39, 0.29) is 11.0 Å². The average molecular weight is 228 g/mol. The number of thiocarbonyl (C=S) groups is 1. The first-order valence-corrected chi connectivity index (χ1v) is 6.12. The highest BCUT2D eigenvalue weighted by atomic mass is 32.1. The van der Waals surface area contributed by atoms with Gasteiger partial charge in [-0.15, -0.1) is 0 Å². The van der Waals surface area contributed by atoms with Gasteiger partial charge in [-0.2, -0.15) is 0 Å². The molecular weight excluding hydrogens is 204 g/mol. The summed E-state index contributed by atoms with van der Waals surface area (Å²) in [5.74, 6) is 0. The SMILES string of the molecule is CC(C)N1CC(C)(C)CC(C)(N)CC1=S. The van der Waals surface area contributed by atoms with Gasteiger partial charge in [-0.25, -0.2) is 0 Å². The molecule has 0 bridgehead atoms. The molecule has 0 amide bonds. The molecule has 0 aromatic carbocycles. The first-order valence-electron chi connectivity index (χ1n) is 5.71. The smallest absolute Gasteiger partial charge is 0.0800 e. The fourth-order valence-electron chi connectivity index (χ4n) is 2.68. The summed E-state index contributed by atoms with van der Waals surface area (Å²) in [5.41, 5.74) is 6.39. The molecule has 0 radical (unpaired) electrons. The number of nitrogens with zero attached hydrogens (tertiary/aromatic N) is 1. The Morgan fingerprint density at radius 1 is 1.33 bits per heavy atom. The van der Waals surface area contributed by atoms with Crippen LogP contribution in [0.4, 0.5) is 0 Å². The molecule has 88 valence electrons. The van der Waals surface area contributed by atoms with Crippen LogP contribution in [0.1, 0.15) is 47.5 Å². The second-order valence-electron chi connectivity index (χ2n) is 6.29. The molecule has 15 heavy (non-hydrogen) atoms. The molecule has 0 spiro atoms. The maximum Gasteiger partial charge on any atom is 0.0800 e. The molecule has 3 heteroatoms. The molecule has 2 nitrogen and oxygen atoms in total. The largest absolute Gasteiger partial charge is 0.363 e. The van der Waals surface area contributed by atoms with E-state index in [1.807, 2.05) is 0 Å². The molecule has 0 aromatic rings. The van der Waals surface area contributed by atoms with Crippen molar-refractivity contribution in [3.63, 3.8) is 0 Å². The topological polar surface area (TPSA) is 29.3 Å². The van der Waals surface area contributed by atoms with Crippen LogP contribution in [-0.4, -0.2) is 28.0 Å². The first kappa shape index (κ1) is 12.9.